The van der Waals surface area contributed by atoms with Crippen molar-refractivity contribution in [3.8, 4) is 57.4 Å². The van der Waals surface area contributed by atoms with Gasteiger partial charge in [0.05, 0.1) is 23.0 Å². The first-order chi connectivity index (χ1) is 30.5. The van der Waals surface area contributed by atoms with E-state index in [4.69, 9.17) is 9.47 Å². The van der Waals surface area contributed by atoms with E-state index in [1.807, 2.05) is 48.5 Å². The van der Waals surface area contributed by atoms with E-state index in [9.17, 15) is 46.1 Å². The predicted octanol–water partition coefficient (Wildman–Crippen LogP) is 9.19. The summed E-state index contributed by atoms with van der Waals surface area (Å²) in [6.07, 6.45) is -9.09. The Morgan fingerprint density at radius 1 is 0.515 bits per heavy atom. The molecule has 0 aromatic heterocycles. The van der Waals surface area contributed by atoms with Gasteiger partial charge in [-0.2, -0.15) is 26.3 Å². The first-order valence-corrected chi connectivity index (χ1v) is 19.7. The van der Waals surface area contributed by atoms with Crippen LogP contribution in [0.1, 0.15) is 71.9 Å². The van der Waals surface area contributed by atoms with Crippen LogP contribution in [0.3, 0.4) is 0 Å². The summed E-state index contributed by atoms with van der Waals surface area (Å²) in [4.78, 5) is 21.8. The van der Waals surface area contributed by atoms with Crippen LogP contribution in [0.2, 0.25) is 0 Å². The van der Waals surface area contributed by atoms with Gasteiger partial charge >= 0.3 is 50.1 Å². The molecule has 0 aliphatic rings. The minimum absolute atomic E-state index is 0. The number of carbonyl (C=O) groups is 2. The summed E-state index contributed by atoms with van der Waals surface area (Å²) >= 11 is 0. The molecular weight excluding hydrogens is 891 g/mol. The molecule has 66 heavy (non-hydrogen) atoms. The van der Waals surface area contributed by atoms with Crippen molar-refractivity contribution in [3.63, 3.8) is 0 Å². The van der Waals surface area contributed by atoms with Crippen LogP contribution in [0.15, 0.2) is 146 Å². The molecule has 0 heterocycles. The minimum Gasteiger partial charge on any atom is -0.550 e. The molecule has 0 aliphatic carbocycles. The summed E-state index contributed by atoms with van der Waals surface area (Å²) in [6, 6.07) is 38.9. The fraction of sp³-hybridized carbons (Fsp3) is 0.192. The Morgan fingerprint density at radius 3 is 1.14 bits per heavy atom. The smallest absolute Gasteiger partial charge is 0.550 e. The first-order valence-electron chi connectivity index (χ1n) is 19.7. The van der Waals surface area contributed by atoms with E-state index in [0.29, 0.717) is 22.6 Å². The van der Waals surface area contributed by atoms with Crippen LogP contribution < -0.4 is 19.7 Å². The maximum absolute atomic E-state index is 12.8. The molecule has 0 saturated carbocycles. The number of hydrogen-bond acceptors (Lipinski definition) is 6. The Hall–Kier alpha value is -6.22. The Labute approximate surface area is 408 Å². The number of halogens is 6. The van der Waals surface area contributed by atoms with Gasteiger partial charge in [-0.25, -0.2) is 0 Å². The molecule has 0 aliphatic heterocycles. The van der Waals surface area contributed by atoms with Gasteiger partial charge in [0.1, 0.15) is 24.7 Å². The molecule has 2 unspecified atom stereocenters. The van der Waals surface area contributed by atoms with Crippen molar-refractivity contribution in [1.82, 2.24) is 0 Å². The normalized spacial score (nSPS) is 11.5. The number of ether oxygens (including phenoxy) is 2. The van der Waals surface area contributed by atoms with Crippen molar-refractivity contribution in [2.24, 2.45) is 0 Å². The van der Waals surface area contributed by atoms with E-state index in [2.05, 4.69) is 23.7 Å². The molecule has 6 aromatic rings. The standard InChI is InChI=1S/2C26H21F3O3.Ca.H2O/c2*1-2-4-21(16-25(30)31)20-9-13-24(14-10-20)32-17-18-5-3-6-22(15-18)19-7-11-23(12-8-19)26(27,28)29;;/h2*3,5-15,21H,16-17H2,1H3,(H,30,31);;1H2/q;;+2;/p-2. The number of alkyl halides is 6. The quantitative estimate of drug-likeness (QED) is 0.0609. The topological polar surface area (TPSA) is 130 Å². The molecule has 2 N–H and O–H groups in total. The van der Waals surface area contributed by atoms with Crippen LogP contribution in [-0.4, -0.2) is 55.2 Å². The summed E-state index contributed by atoms with van der Waals surface area (Å²) in [7, 11) is 0. The van der Waals surface area contributed by atoms with Gasteiger partial charge in [-0.3, -0.25) is 0 Å². The summed E-state index contributed by atoms with van der Waals surface area (Å²) < 4.78 is 88.2. The van der Waals surface area contributed by atoms with Gasteiger partial charge in [0.15, 0.2) is 0 Å². The third kappa shape index (κ3) is 16.6. The molecule has 0 spiro atoms. The number of rotatable bonds is 14. The van der Waals surface area contributed by atoms with E-state index in [1.165, 1.54) is 24.3 Å². The number of carboxylic acid groups (broad SMARTS) is 2. The predicted molar refractivity (Wildman–Crippen MR) is 236 cm³/mol. The van der Waals surface area contributed by atoms with Gasteiger partial charge in [0.25, 0.3) is 0 Å². The number of aliphatic carboxylic acids is 2. The van der Waals surface area contributed by atoms with E-state index in [0.717, 1.165) is 57.6 Å². The number of hydrogen-bond donors (Lipinski definition) is 0. The van der Waals surface area contributed by atoms with Gasteiger partial charge in [-0.05, 0) is 119 Å². The second-order valence-corrected chi connectivity index (χ2v) is 14.3. The number of carboxylic acids is 2. The average molecular weight is 933 g/mol. The van der Waals surface area contributed by atoms with E-state index < -0.39 is 47.3 Å². The monoisotopic (exact) mass is 932 g/mol. The van der Waals surface area contributed by atoms with Gasteiger partial charge in [0, 0.05) is 24.8 Å². The van der Waals surface area contributed by atoms with Crippen molar-refractivity contribution in [2.45, 2.75) is 64.1 Å². The Kier molecular flexibility index (Phi) is 20.9. The molecule has 7 nitrogen and oxygen atoms in total. The van der Waals surface area contributed by atoms with Gasteiger partial charge in [-0.15, -0.1) is 11.8 Å². The SMILES string of the molecule is CC#CC(CC(=O)[O-])c1ccc(OCc2cccc(-c3ccc(C(F)(F)F)cc3)c2)cc1.CC#CC(CC(=O)[O-])c1ccc(OCc2cccc(-c3ccc(C(F)(F)F)cc3)c2)cc1.O.[Ca+2]. The van der Waals surface area contributed by atoms with Crippen LogP contribution >= 0.6 is 0 Å². The molecule has 6 aromatic carbocycles. The Morgan fingerprint density at radius 2 is 0.848 bits per heavy atom. The Bertz CT molecular complexity index is 2440. The molecule has 0 amide bonds. The van der Waals surface area contributed by atoms with Crippen molar-refractivity contribution < 1.29 is 61.1 Å². The molecule has 0 bridgehead atoms. The molecule has 14 heteroatoms. The van der Waals surface area contributed by atoms with Crippen LogP contribution in [0.4, 0.5) is 26.3 Å². The minimum atomic E-state index is -4.36. The second kappa shape index (κ2) is 25.5. The average Bonchev–Trinajstić information content (AvgIpc) is 3.27. The second-order valence-electron chi connectivity index (χ2n) is 14.3. The van der Waals surface area contributed by atoms with Crippen molar-refractivity contribution in [3.05, 3.63) is 179 Å². The van der Waals surface area contributed by atoms with E-state index >= 15 is 0 Å². The third-order valence-corrected chi connectivity index (χ3v) is 9.70. The fourth-order valence-electron chi connectivity index (χ4n) is 6.50. The Balaban J connectivity index is 0.000000340. The van der Waals surface area contributed by atoms with Crippen LogP contribution in [0.25, 0.3) is 22.3 Å². The van der Waals surface area contributed by atoms with Crippen LogP contribution in [0, 0.1) is 23.7 Å². The zero-order valence-electron chi connectivity index (χ0n) is 35.8. The number of benzene rings is 6. The van der Waals surface area contributed by atoms with E-state index in [1.54, 1.807) is 62.4 Å². The molecule has 336 valence electrons. The zero-order valence-corrected chi connectivity index (χ0v) is 38.0. The fourth-order valence-corrected chi connectivity index (χ4v) is 6.50. The van der Waals surface area contributed by atoms with Gasteiger partial charge < -0.3 is 34.8 Å². The summed E-state index contributed by atoms with van der Waals surface area (Å²) in [5, 5.41) is 21.8. The number of carbonyl (C=O) groups excluding carboxylic acids is 2. The van der Waals surface area contributed by atoms with Crippen molar-refractivity contribution in [1.29, 1.82) is 0 Å². The van der Waals surface area contributed by atoms with Crippen molar-refractivity contribution in [2.75, 3.05) is 0 Å². The maximum Gasteiger partial charge on any atom is 2.00 e. The zero-order chi connectivity index (χ0) is 46.3. The molecule has 0 fully saturated rings. The first kappa shape index (κ1) is 54.1. The molecular formula is C52H42CaF6O7. The molecule has 6 rings (SSSR count). The summed E-state index contributed by atoms with van der Waals surface area (Å²) in [6.45, 7) is 3.84. The molecule has 0 radical (unpaired) electrons. The van der Waals surface area contributed by atoms with Crippen LogP contribution in [-0.2, 0) is 35.2 Å². The molecule has 0 saturated heterocycles. The summed E-state index contributed by atoms with van der Waals surface area (Å²) in [5.41, 5.74) is 4.82. The largest absolute Gasteiger partial charge is 2.00 e. The maximum atomic E-state index is 12.8. The molecule has 2 atom stereocenters. The van der Waals surface area contributed by atoms with Crippen molar-refractivity contribution >= 4 is 49.7 Å². The van der Waals surface area contributed by atoms with E-state index in [-0.39, 0.29) is 69.3 Å². The summed E-state index contributed by atoms with van der Waals surface area (Å²) in [5.74, 6) is 9.19. The third-order valence-electron chi connectivity index (χ3n) is 9.70. The van der Waals surface area contributed by atoms with Gasteiger partial charge in [0.2, 0.25) is 0 Å². The van der Waals surface area contributed by atoms with Crippen LogP contribution in [0.5, 0.6) is 11.5 Å². The van der Waals surface area contributed by atoms with Gasteiger partial charge in [-0.1, -0.05) is 96.8 Å².